The van der Waals surface area contributed by atoms with E-state index in [0.717, 1.165) is 11.1 Å². The number of hydrogen-bond acceptors (Lipinski definition) is 4. The number of halogens is 1. The topological polar surface area (TPSA) is 63.6 Å². The number of rotatable bonds is 4. The number of benzene rings is 2. The third-order valence-electron chi connectivity index (χ3n) is 4.24. The zero-order valence-electron chi connectivity index (χ0n) is 14.3. The van der Waals surface area contributed by atoms with E-state index in [2.05, 4.69) is 15.5 Å². The zero-order chi connectivity index (χ0) is 18.6. The van der Waals surface area contributed by atoms with Crippen LogP contribution in [0.4, 0.5) is 10.2 Å². The summed E-state index contributed by atoms with van der Waals surface area (Å²) in [6, 6.07) is 19.5. The van der Waals surface area contributed by atoms with Crippen molar-refractivity contribution in [1.82, 2.24) is 4.98 Å². The van der Waals surface area contributed by atoms with Gasteiger partial charge in [-0.05, 0) is 29.8 Å². The zero-order valence-corrected chi connectivity index (χ0v) is 14.3. The predicted molar refractivity (Wildman–Crippen MR) is 101 cm³/mol. The Morgan fingerprint density at radius 1 is 1.00 bits per heavy atom. The first-order valence-electron chi connectivity index (χ1n) is 8.50. The number of oxime groups is 1. The van der Waals surface area contributed by atoms with E-state index >= 15 is 0 Å². The number of hydrogen-bond donors (Lipinski definition) is 1. The van der Waals surface area contributed by atoms with E-state index in [9.17, 15) is 9.18 Å². The Balaban J connectivity index is 1.39. The van der Waals surface area contributed by atoms with E-state index in [0.29, 0.717) is 17.1 Å². The van der Waals surface area contributed by atoms with Crippen LogP contribution in [0.15, 0.2) is 78.1 Å². The molecule has 134 valence electrons. The summed E-state index contributed by atoms with van der Waals surface area (Å²) < 4.78 is 13.3. The minimum atomic E-state index is -0.765. The van der Waals surface area contributed by atoms with Crippen molar-refractivity contribution < 1.29 is 14.0 Å². The molecule has 0 fully saturated rings. The summed E-state index contributed by atoms with van der Waals surface area (Å²) >= 11 is 0. The summed E-state index contributed by atoms with van der Waals surface area (Å²) in [6.45, 7) is 0. The Morgan fingerprint density at radius 2 is 1.81 bits per heavy atom. The van der Waals surface area contributed by atoms with Crippen molar-refractivity contribution in [2.45, 2.75) is 12.5 Å². The maximum Gasteiger partial charge on any atom is 0.269 e. The van der Waals surface area contributed by atoms with E-state index in [1.54, 1.807) is 24.4 Å². The van der Waals surface area contributed by atoms with Crippen LogP contribution in [0, 0.1) is 5.82 Å². The number of amides is 1. The Morgan fingerprint density at radius 3 is 2.56 bits per heavy atom. The van der Waals surface area contributed by atoms with Crippen molar-refractivity contribution in [3.8, 4) is 11.1 Å². The average Bonchev–Trinajstić information content (AvgIpc) is 3.20. The molecule has 3 aromatic rings. The molecule has 1 aromatic heterocycles. The lowest BCUT2D eigenvalue weighted by atomic mass is 10.0. The molecule has 6 heteroatoms. The largest absolute Gasteiger partial charge is 0.382 e. The Kier molecular flexibility index (Phi) is 4.61. The van der Waals surface area contributed by atoms with Crippen molar-refractivity contribution in [2.24, 2.45) is 5.16 Å². The molecule has 0 aliphatic carbocycles. The van der Waals surface area contributed by atoms with Gasteiger partial charge in [-0.15, -0.1) is 0 Å². The second-order valence-corrected chi connectivity index (χ2v) is 6.13. The van der Waals surface area contributed by atoms with Crippen LogP contribution in [0.1, 0.15) is 12.0 Å². The Hall–Kier alpha value is -3.54. The molecular formula is C21H16FN3O2. The molecule has 1 atom stereocenters. The van der Waals surface area contributed by atoms with Gasteiger partial charge in [-0.1, -0.05) is 47.6 Å². The van der Waals surface area contributed by atoms with Crippen molar-refractivity contribution in [2.75, 3.05) is 5.32 Å². The van der Waals surface area contributed by atoms with E-state index in [1.165, 1.54) is 12.1 Å². The van der Waals surface area contributed by atoms with Gasteiger partial charge < -0.3 is 10.2 Å². The van der Waals surface area contributed by atoms with Gasteiger partial charge in [0.15, 0.2) is 0 Å². The van der Waals surface area contributed by atoms with E-state index in [1.807, 2.05) is 36.4 Å². The van der Waals surface area contributed by atoms with E-state index in [-0.39, 0.29) is 18.1 Å². The monoisotopic (exact) mass is 361 g/mol. The number of aromatic nitrogens is 1. The molecule has 0 bridgehead atoms. The number of nitrogens with one attached hydrogen (secondary N) is 1. The first kappa shape index (κ1) is 16.9. The van der Waals surface area contributed by atoms with E-state index < -0.39 is 6.10 Å². The molecule has 0 radical (unpaired) electrons. The van der Waals surface area contributed by atoms with Crippen LogP contribution in [0.5, 0.6) is 0 Å². The van der Waals surface area contributed by atoms with Crippen LogP contribution in [0.3, 0.4) is 0 Å². The third kappa shape index (κ3) is 3.84. The molecule has 0 unspecified atom stereocenters. The second-order valence-electron chi connectivity index (χ2n) is 6.13. The van der Waals surface area contributed by atoms with E-state index in [4.69, 9.17) is 4.84 Å². The van der Waals surface area contributed by atoms with Gasteiger partial charge in [0.05, 0.1) is 5.71 Å². The smallest absolute Gasteiger partial charge is 0.269 e. The molecule has 0 saturated heterocycles. The summed E-state index contributed by atoms with van der Waals surface area (Å²) in [5, 5.41) is 6.64. The molecule has 0 saturated carbocycles. The van der Waals surface area contributed by atoms with Crippen LogP contribution in [0.2, 0.25) is 0 Å². The summed E-state index contributed by atoms with van der Waals surface area (Å²) in [6.07, 6.45) is 1.21. The molecule has 1 amide bonds. The molecule has 4 rings (SSSR count). The Bertz CT molecular complexity index is 988. The molecule has 1 aliphatic heterocycles. The second kappa shape index (κ2) is 7.37. The molecular weight excluding hydrogens is 345 g/mol. The summed E-state index contributed by atoms with van der Waals surface area (Å²) in [5.41, 5.74) is 3.16. The number of nitrogens with zero attached hydrogens (tertiary/aromatic N) is 2. The predicted octanol–water partition coefficient (Wildman–Crippen LogP) is 4.02. The van der Waals surface area contributed by atoms with Gasteiger partial charge in [0.2, 0.25) is 6.10 Å². The maximum atomic E-state index is 13.3. The van der Waals surface area contributed by atoms with Crippen LogP contribution < -0.4 is 5.32 Å². The first-order chi connectivity index (χ1) is 13.2. The van der Waals surface area contributed by atoms with Crippen LogP contribution >= 0.6 is 0 Å². The molecule has 5 nitrogen and oxygen atoms in total. The SMILES string of the molecule is O=C(Nc1ccc(-c2ccccc2)cn1)[C@H]1CC(c2cccc(F)c2)=NO1. The normalized spacial score (nSPS) is 15.7. The van der Waals surface area contributed by atoms with Crippen molar-refractivity contribution in [3.05, 3.63) is 84.3 Å². The maximum absolute atomic E-state index is 13.3. The van der Waals surface area contributed by atoms with Crippen LogP contribution in [-0.4, -0.2) is 22.7 Å². The molecule has 2 heterocycles. The number of pyridine rings is 1. The fourth-order valence-corrected chi connectivity index (χ4v) is 2.83. The van der Waals surface area contributed by atoms with Crippen molar-refractivity contribution in [3.63, 3.8) is 0 Å². The molecule has 0 spiro atoms. The summed E-state index contributed by atoms with van der Waals surface area (Å²) in [4.78, 5) is 21.9. The van der Waals surface area contributed by atoms with Gasteiger partial charge >= 0.3 is 0 Å². The lowest BCUT2D eigenvalue weighted by Crippen LogP contribution is -2.28. The first-order valence-corrected chi connectivity index (χ1v) is 8.50. The third-order valence-corrected chi connectivity index (χ3v) is 4.24. The summed E-state index contributed by atoms with van der Waals surface area (Å²) in [7, 11) is 0. The highest BCUT2D eigenvalue weighted by atomic mass is 19.1. The standard InChI is InChI=1S/C21H16FN3O2/c22-17-8-4-7-15(11-17)18-12-19(27-25-18)21(26)24-20-10-9-16(13-23-20)14-5-2-1-3-6-14/h1-11,13,19H,12H2,(H,23,24,26)/t19-/m1/s1. The highest BCUT2D eigenvalue weighted by Gasteiger charge is 2.29. The molecule has 1 aliphatic rings. The van der Waals surface area contributed by atoms with Gasteiger partial charge in [0, 0.05) is 23.7 Å². The lowest BCUT2D eigenvalue weighted by molar-refractivity contribution is -0.125. The van der Waals surface area contributed by atoms with Crippen LogP contribution in [0.25, 0.3) is 11.1 Å². The minimum absolute atomic E-state index is 0.275. The number of carbonyl (C=O) groups excluding carboxylic acids is 1. The number of carbonyl (C=O) groups is 1. The summed E-state index contributed by atoms with van der Waals surface area (Å²) in [5.74, 6) is -0.265. The fraction of sp³-hybridized carbons (Fsp3) is 0.0952. The van der Waals surface area contributed by atoms with Gasteiger partial charge in [-0.25, -0.2) is 9.37 Å². The highest BCUT2D eigenvalue weighted by molar-refractivity contribution is 6.05. The van der Waals surface area contributed by atoms with Gasteiger partial charge in [0.1, 0.15) is 11.6 Å². The quantitative estimate of drug-likeness (QED) is 0.763. The lowest BCUT2D eigenvalue weighted by Gasteiger charge is -2.09. The molecule has 27 heavy (non-hydrogen) atoms. The van der Waals surface area contributed by atoms with Crippen molar-refractivity contribution >= 4 is 17.4 Å². The molecule has 1 N–H and O–H groups in total. The number of anilines is 1. The minimum Gasteiger partial charge on any atom is -0.382 e. The van der Waals surface area contributed by atoms with Gasteiger partial charge in [-0.2, -0.15) is 0 Å². The average molecular weight is 361 g/mol. The van der Waals surface area contributed by atoms with Gasteiger partial charge in [0.25, 0.3) is 5.91 Å². The highest BCUT2D eigenvalue weighted by Crippen LogP contribution is 2.21. The fourth-order valence-electron chi connectivity index (χ4n) is 2.83. The molecule has 2 aromatic carbocycles. The Labute approximate surface area is 155 Å². The van der Waals surface area contributed by atoms with Crippen molar-refractivity contribution in [1.29, 1.82) is 0 Å². The van der Waals surface area contributed by atoms with Gasteiger partial charge in [-0.3, -0.25) is 4.79 Å². The van der Waals surface area contributed by atoms with Crippen LogP contribution in [-0.2, 0) is 9.63 Å².